The molecule has 0 radical (unpaired) electrons. The fourth-order valence-corrected chi connectivity index (χ4v) is 3.42. The van der Waals surface area contributed by atoms with E-state index in [2.05, 4.69) is 25.0 Å². The summed E-state index contributed by atoms with van der Waals surface area (Å²) in [4.78, 5) is 17.5. The third-order valence-corrected chi connectivity index (χ3v) is 4.69. The van der Waals surface area contributed by atoms with Crippen molar-refractivity contribution >= 4 is 22.8 Å². The van der Waals surface area contributed by atoms with Gasteiger partial charge in [0.15, 0.2) is 5.65 Å². The van der Waals surface area contributed by atoms with Crippen LogP contribution in [0.25, 0.3) is 16.7 Å². The Morgan fingerprint density at radius 3 is 2.55 bits per heavy atom. The van der Waals surface area contributed by atoms with Crippen LogP contribution in [0.1, 0.15) is 5.69 Å². The largest absolute Gasteiger partial charge is 0.573 e. The van der Waals surface area contributed by atoms with Crippen LogP contribution in [0, 0.1) is 0 Å². The molecule has 1 amide bonds. The van der Waals surface area contributed by atoms with Crippen molar-refractivity contribution < 1.29 is 32.5 Å². The lowest BCUT2D eigenvalue weighted by atomic mass is 10.2. The number of carboxylic acid groups (broad SMARTS) is 1. The summed E-state index contributed by atoms with van der Waals surface area (Å²) in [5, 5.41) is 16.5. The van der Waals surface area contributed by atoms with Crippen LogP contribution in [0.2, 0.25) is 0 Å². The molecule has 1 aliphatic rings. The van der Waals surface area contributed by atoms with E-state index in [1.54, 1.807) is 6.20 Å². The van der Waals surface area contributed by atoms with Crippen molar-refractivity contribution in [3.05, 3.63) is 42.2 Å². The molecule has 0 atom stereocenters. The summed E-state index contributed by atoms with van der Waals surface area (Å²) in [6.07, 6.45) is -4.38. The highest BCUT2D eigenvalue weighted by Crippen LogP contribution is 2.31. The van der Waals surface area contributed by atoms with Gasteiger partial charge in [-0.05, 0) is 30.3 Å². The molecular formula is C19H18F3N5O4. The Balaban J connectivity index is 1.77. The Morgan fingerprint density at radius 1 is 1.19 bits per heavy atom. The molecule has 31 heavy (non-hydrogen) atoms. The quantitative estimate of drug-likeness (QED) is 0.633. The zero-order valence-corrected chi connectivity index (χ0v) is 16.1. The van der Waals surface area contributed by atoms with Gasteiger partial charge in [0.1, 0.15) is 5.75 Å². The lowest BCUT2D eigenvalue weighted by Crippen LogP contribution is -2.36. The Hall–Kier alpha value is -3.54. The molecule has 1 saturated heterocycles. The number of carbonyl (C=O) groups is 1. The van der Waals surface area contributed by atoms with Crippen molar-refractivity contribution in [1.82, 2.24) is 20.1 Å². The second-order valence-electron chi connectivity index (χ2n) is 6.69. The van der Waals surface area contributed by atoms with Gasteiger partial charge < -0.3 is 24.8 Å². The highest BCUT2D eigenvalue weighted by molar-refractivity contribution is 5.93. The fourth-order valence-electron chi connectivity index (χ4n) is 3.42. The first kappa shape index (κ1) is 20.7. The van der Waals surface area contributed by atoms with Gasteiger partial charge in [-0.15, -0.1) is 13.2 Å². The second kappa shape index (κ2) is 8.30. The molecular weight excluding hydrogens is 419 g/mol. The van der Waals surface area contributed by atoms with E-state index < -0.39 is 12.5 Å². The van der Waals surface area contributed by atoms with Gasteiger partial charge in [-0.1, -0.05) is 0 Å². The van der Waals surface area contributed by atoms with Crippen molar-refractivity contribution in [3.63, 3.8) is 0 Å². The first-order valence-electron chi connectivity index (χ1n) is 9.34. The molecule has 0 spiro atoms. The average molecular weight is 437 g/mol. The van der Waals surface area contributed by atoms with Crippen molar-refractivity contribution in [2.24, 2.45) is 0 Å². The summed E-state index contributed by atoms with van der Waals surface area (Å²) in [7, 11) is 0. The van der Waals surface area contributed by atoms with Gasteiger partial charge in [-0.25, -0.2) is 14.5 Å². The van der Waals surface area contributed by atoms with Gasteiger partial charge in [-0.2, -0.15) is 5.10 Å². The number of amides is 1. The minimum atomic E-state index is -4.79. The molecule has 2 aromatic heterocycles. The highest BCUT2D eigenvalue weighted by Gasteiger charge is 2.31. The maximum Gasteiger partial charge on any atom is 0.573 e. The summed E-state index contributed by atoms with van der Waals surface area (Å²) in [6, 6.07) is 7.02. The molecule has 3 heterocycles. The number of fused-ring (bicyclic) bond motifs is 1. The Labute approximate surface area is 174 Å². The average Bonchev–Trinajstić information content (AvgIpc) is 3.11. The molecule has 3 aromatic rings. The number of halogens is 3. The van der Waals surface area contributed by atoms with Crippen LogP contribution in [0.15, 0.2) is 36.5 Å². The fraction of sp³-hybridized carbons (Fsp3) is 0.316. The van der Waals surface area contributed by atoms with Crippen molar-refractivity contribution in [1.29, 1.82) is 0 Å². The first-order chi connectivity index (χ1) is 14.8. The van der Waals surface area contributed by atoms with Gasteiger partial charge in [-0.3, -0.25) is 0 Å². The number of ether oxygens (including phenoxy) is 2. The van der Waals surface area contributed by atoms with Crippen molar-refractivity contribution in [2.45, 2.75) is 12.9 Å². The molecule has 12 heteroatoms. The summed E-state index contributed by atoms with van der Waals surface area (Å²) in [5.41, 5.74) is 2.18. The zero-order valence-electron chi connectivity index (χ0n) is 16.1. The van der Waals surface area contributed by atoms with E-state index >= 15 is 0 Å². The first-order valence-corrected chi connectivity index (χ1v) is 9.34. The molecule has 9 nitrogen and oxygen atoms in total. The number of pyridine rings is 1. The number of alkyl halides is 3. The number of hydrogen-bond acceptors (Lipinski definition) is 6. The number of rotatable bonds is 5. The number of nitrogens with zero attached hydrogens (tertiary/aromatic N) is 4. The maximum atomic E-state index is 12.4. The lowest BCUT2D eigenvalue weighted by molar-refractivity contribution is -0.274. The minimum absolute atomic E-state index is 0.0584. The van der Waals surface area contributed by atoms with E-state index in [9.17, 15) is 18.0 Å². The predicted octanol–water partition coefficient (Wildman–Crippen LogP) is 2.92. The third-order valence-electron chi connectivity index (χ3n) is 4.69. The molecule has 2 N–H and O–H groups in total. The monoisotopic (exact) mass is 437 g/mol. The van der Waals surface area contributed by atoms with Crippen LogP contribution in [0.3, 0.4) is 0 Å². The molecule has 1 aliphatic heterocycles. The summed E-state index contributed by atoms with van der Waals surface area (Å²) < 4.78 is 48.1. The molecule has 164 valence electrons. The maximum absolute atomic E-state index is 12.4. The number of anilines is 1. The van der Waals surface area contributed by atoms with E-state index in [0.717, 1.165) is 5.69 Å². The molecule has 0 bridgehead atoms. The number of aromatic nitrogens is 3. The lowest BCUT2D eigenvalue weighted by Gasteiger charge is -2.29. The molecule has 0 saturated carbocycles. The standard InChI is InChI=1S/C19H18F3N5O4/c20-19(21,22)31-13-3-1-12(2-4-13)27-17-16(14(25-27)11-24-18(28)29)15(5-6-23-17)26-7-9-30-10-8-26/h1-6,24H,7-11H2,(H,28,29). The Morgan fingerprint density at radius 2 is 1.90 bits per heavy atom. The van der Waals surface area contributed by atoms with Crippen LogP contribution in [-0.4, -0.2) is 58.6 Å². The highest BCUT2D eigenvalue weighted by atomic mass is 19.4. The Bertz CT molecular complexity index is 1080. The van der Waals surface area contributed by atoms with Crippen LogP contribution >= 0.6 is 0 Å². The number of nitrogens with one attached hydrogen (secondary N) is 1. The van der Waals surface area contributed by atoms with Gasteiger partial charge in [0.2, 0.25) is 0 Å². The molecule has 1 fully saturated rings. The second-order valence-corrected chi connectivity index (χ2v) is 6.69. The third kappa shape index (κ3) is 4.63. The summed E-state index contributed by atoms with van der Waals surface area (Å²) in [5.74, 6) is -0.359. The van der Waals surface area contributed by atoms with Crippen LogP contribution in [-0.2, 0) is 11.3 Å². The predicted molar refractivity (Wildman–Crippen MR) is 103 cm³/mol. The smallest absolute Gasteiger partial charge is 0.465 e. The molecule has 0 aliphatic carbocycles. The van der Waals surface area contributed by atoms with Crippen molar-refractivity contribution in [2.75, 3.05) is 31.2 Å². The van der Waals surface area contributed by atoms with Crippen LogP contribution < -0.4 is 15.0 Å². The van der Waals surface area contributed by atoms with Crippen molar-refractivity contribution in [3.8, 4) is 11.4 Å². The number of benzene rings is 1. The van der Waals surface area contributed by atoms with Gasteiger partial charge in [0.05, 0.1) is 42.2 Å². The van der Waals surface area contributed by atoms with E-state index in [1.165, 1.54) is 28.9 Å². The SMILES string of the molecule is O=C(O)NCc1nn(-c2ccc(OC(F)(F)F)cc2)c2nccc(N3CCOCC3)c12. The van der Waals surface area contributed by atoms with E-state index in [0.29, 0.717) is 48.7 Å². The van der Waals surface area contributed by atoms with Gasteiger partial charge in [0, 0.05) is 19.3 Å². The molecule has 1 aromatic carbocycles. The van der Waals surface area contributed by atoms with Crippen LogP contribution in [0.4, 0.5) is 23.7 Å². The zero-order chi connectivity index (χ0) is 22.0. The van der Waals surface area contributed by atoms with E-state index in [-0.39, 0.29) is 12.3 Å². The Kier molecular flexibility index (Phi) is 5.55. The van der Waals surface area contributed by atoms with E-state index in [1.807, 2.05) is 6.07 Å². The number of morpholine rings is 1. The number of hydrogen-bond donors (Lipinski definition) is 2. The van der Waals surface area contributed by atoms with Crippen LogP contribution in [0.5, 0.6) is 5.75 Å². The normalized spacial score (nSPS) is 14.6. The van der Waals surface area contributed by atoms with Gasteiger partial charge in [0.25, 0.3) is 0 Å². The minimum Gasteiger partial charge on any atom is -0.465 e. The summed E-state index contributed by atoms with van der Waals surface area (Å²) in [6.45, 7) is 2.36. The van der Waals surface area contributed by atoms with E-state index in [4.69, 9.17) is 9.84 Å². The molecule has 0 unspecified atom stereocenters. The topological polar surface area (TPSA) is 102 Å². The van der Waals surface area contributed by atoms with Gasteiger partial charge >= 0.3 is 12.5 Å². The molecule has 4 rings (SSSR count). The summed E-state index contributed by atoms with van der Waals surface area (Å²) >= 11 is 0.